The molecule has 0 aliphatic heterocycles. The molecule has 4 heteroatoms. The fourth-order valence-corrected chi connectivity index (χ4v) is 2.52. The van der Waals surface area contributed by atoms with E-state index in [1.54, 1.807) is 11.8 Å². The van der Waals surface area contributed by atoms with Gasteiger partial charge in [-0.3, -0.25) is 0 Å². The third kappa shape index (κ3) is 2.49. The van der Waals surface area contributed by atoms with Gasteiger partial charge in [-0.1, -0.05) is 0 Å². The number of hydrogen-bond acceptors (Lipinski definition) is 3. The highest BCUT2D eigenvalue weighted by Crippen LogP contribution is 2.29. The topological polar surface area (TPSA) is 22.1 Å². The largest absolute Gasteiger partial charge is 0.489 e. The SMILES string of the molecule is CSc1ncc(OC2CC2)cc1I. The minimum Gasteiger partial charge on any atom is -0.489 e. The van der Waals surface area contributed by atoms with Crippen molar-refractivity contribution in [2.45, 2.75) is 24.0 Å². The van der Waals surface area contributed by atoms with Gasteiger partial charge in [0.1, 0.15) is 10.8 Å². The van der Waals surface area contributed by atoms with Crippen LogP contribution >= 0.6 is 34.4 Å². The predicted octanol–water partition coefficient (Wildman–Crippen LogP) is 2.95. The molecule has 70 valence electrons. The van der Waals surface area contributed by atoms with Crippen LogP contribution in [0.25, 0.3) is 0 Å². The molecule has 0 radical (unpaired) electrons. The first-order valence-electron chi connectivity index (χ1n) is 4.16. The van der Waals surface area contributed by atoms with E-state index in [-0.39, 0.29) is 0 Å². The minimum atomic E-state index is 0.456. The summed E-state index contributed by atoms with van der Waals surface area (Å²) in [7, 11) is 0. The zero-order valence-corrected chi connectivity index (χ0v) is 10.3. The van der Waals surface area contributed by atoms with Crippen LogP contribution in [0.5, 0.6) is 5.75 Å². The summed E-state index contributed by atoms with van der Waals surface area (Å²) in [6.07, 6.45) is 6.69. The molecule has 1 aromatic heterocycles. The lowest BCUT2D eigenvalue weighted by atomic mass is 10.5. The number of halogens is 1. The number of nitrogens with zero attached hydrogens (tertiary/aromatic N) is 1. The number of pyridine rings is 1. The van der Waals surface area contributed by atoms with E-state index in [1.807, 2.05) is 12.5 Å². The molecule has 1 saturated carbocycles. The molecule has 0 atom stereocenters. The standard InChI is InChI=1S/C9H10INOS/c1-13-9-8(10)4-7(5-11-9)12-6-2-3-6/h4-6H,2-3H2,1H3. The molecule has 0 bridgehead atoms. The van der Waals surface area contributed by atoms with E-state index < -0.39 is 0 Å². The monoisotopic (exact) mass is 307 g/mol. The van der Waals surface area contributed by atoms with Crippen LogP contribution in [0.2, 0.25) is 0 Å². The van der Waals surface area contributed by atoms with Crippen LogP contribution in [-0.4, -0.2) is 17.3 Å². The summed E-state index contributed by atoms with van der Waals surface area (Å²) < 4.78 is 6.80. The number of hydrogen-bond donors (Lipinski definition) is 0. The third-order valence-electron chi connectivity index (χ3n) is 1.80. The highest BCUT2D eigenvalue weighted by Gasteiger charge is 2.23. The van der Waals surface area contributed by atoms with Crippen LogP contribution in [0.15, 0.2) is 17.3 Å². The second-order valence-corrected chi connectivity index (χ2v) is 4.94. The summed E-state index contributed by atoms with van der Waals surface area (Å²) in [5.74, 6) is 0.907. The molecule has 2 rings (SSSR count). The lowest BCUT2D eigenvalue weighted by molar-refractivity contribution is 0.301. The Morgan fingerprint density at radius 1 is 1.62 bits per heavy atom. The fourth-order valence-electron chi connectivity index (χ4n) is 1.00. The Bertz CT molecular complexity index is 314. The van der Waals surface area contributed by atoms with Crippen LogP contribution in [0.4, 0.5) is 0 Å². The molecular weight excluding hydrogens is 297 g/mol. The predicted molar refractivity (Wildman–Crippen MR) is 62.4 cm³/mol. The zero-order chi connectivity index (χ0) is 9.26. The van der Waals surface area contributed by atoms with E-state index in [2.05, 4.69) is 33.6 Å². The van der Waals surface area contributed by atoms with Crippen LogP contribution in [0.3, 0.4) is 0 Å². The van der Waals surface area contributed by atoms with E-state index in [9.17, 15) is 0 Å². The Morgan fingerprint density at radius 3 is 2.92 bits per heavy atom. The van der Waals surface area contributed by atoms with Gasteiger partial charge in [-0.25, -0.2) is 4.98 Å². The maximum absolute atomic E-state index is 5.63. The Labute approximate surface area is 95.6 Å². The molecule has 0 spiro atoms. The maximum Gasteiger partial charge on any atom is 0.139 e. The van der Waals surface area contributed by atoms with Crippen molar-refractivity contribution >= 4 is 34.4 Å². The Kier molecular flexibility index (Phi) is 2.98. The summed E-state index contributed by atoms with van der Waals surface area (Å²) in [6, 6.07) is 2.05. The average Bonchev–Trinajstić information content (AvgIpc) is 2.89. The van der Waals surface area contributed by atoms with Gasteiger partial charge in [0.25, 0.3) is 0 Å². The Morgan fingerprint density at radius 2 is 2.38 bits per heavy atom. The van der Waals surface area contributed by atoms with Gasteiger partial charge in [-0.15, -0.1) is 11.8 Å². The van der Waals surface area contributed by atoms with Crippen LogP contribution in [0, 0.1) is 3.57 Å². The van der Waals surface area contributed by atoms with E-state index in [1.165, 1.54) is 16.4 Å². The van der Waals surface area contributed by atoms with Crippen LogP contribution in [0.1, 0.15) is 12.8 Å². The number of thioether (sulfide) groups is 1. The molecule has 2 nitrogen and oxygen atoms in total. The average molecular weight is 307 g/mol. The molecule has 0 amide bonds. The lowest BCUT2D eigenvalue weighted by Crippen LogP contribution is -1.97. The van der Waals surface area contributed by atoms with Gasteiger partial charge in [-0.05, 0) is 47.8 Å². The van der Waals surface area contributed by atoms with Crippen molar-refractivity contribution in [3.05, 3.63) is 15.8 Å². The number of aromatic nitrogens is 1. The first-order chi connectivity index (χ1) is 6.29. The zero-order valence-electron chi connectivity index (χ0n) is 7.29. The molecule has 1 aliphatic carbocycles. The fraction of sp³-hybridized carbons (Fsp3) is 0.444. The van der Waals surface area contributed by atoms with Crippen molar-refractivity contribution < 1.29 is 4.74 Å². The molecule has 0 unspecified atom stereocenters. The van der Waals surface area contributed by atoms with Gasteiger partial charge in [0.15, 0.2) is 0 Å². The highest BCUT2D eigenvalue weighted by atomic mass is 127. The number of rotatable bonds is 3. The van der Waals surface area contributed by atoms with Crippen molar-refractivity contribution in [2.24, 2.45) is 0 Å². The van der Waals surface area contributed by atoms with Gasteiger partial charge in [0, 0.05) is 3.57 Å². The molecular formula is C9H10INOS. The molecule has 1 heterocycles. The molecule has 0 aromatic carbocycles. The van der Waals surface area contributed by atoms with E-state index in [0.29, 0.717) is 6.10 Å². The van der Waals surface area contributed by atoms with Crippen molar-refractivity contribution in [1.29, 1.82) is 0 Å². The molecule has 1 aliphatic rings. The molecule has 0 N–H and O–H groups in total. The van der Waals surface area contributed by atoms with E-state index in [0.717, 1.165) is 10.8 Å². The van der Waals surface area contributed by atoms with Gasteiger partial charge in [-0.2, -0.15) is 0 Å². The normalized spacial score (nSPS) is 15.8. The van der Waals surface area contributed by atoms with Gasteiger partial charge >= 0.3 is 0 Å². The second kappa shape index (κ2) is 4.04. The van der Waals surface area contributed by atoms with Crippen molar-refractivity contribution in [3.63, 3.8) is 0 Å². The van der Waals surface area contributed by atoms with Crippen molar-refractivity contribution in [2.75, 3.05) is 6.26 Å². The summed E-state index contributed by atoms with van der Waals surface area (Å²) in [6.45, 7) is 0. The molecule has 13 heavy (non-hydrogen) atoms. The summed E-state index contributed by atoms with van der Waals surface area (Å²) in [5, 5.41) is 1.07. The van der Waals surface area contributed by atoms with Gasteiger partial charge in [0.05, 0.1) is 12.3 Å². The first-order valence-corrected chi connectivity index (χ1v) is 6.46. The molecule has 1 fully saturated rings. The van der Waals surface area contributed by atoms with E-state index >= 15 is 0 Å². The quantitative estimate of drug-likeness (QED) is 0.633. The lowest BCUT2D eigenvalue weighted by Gasteiger charge is -2.05. The van der Waals surface area contributed by atoms with Crippen LogP contribution < -0.4 is 4.74 Å². The van der Waals surface area contributed by atoms with Gasteiger partial charge in [0.2, 0.25) is 0 Å². The van der Waals surface area contributed by atoms with Crippen LogP contribution in [-0.2, 0) is 0 Å². The Balaban J connectivity index is 2.13. The number of ether oxygens (including phenoxy) is 1. The summed E-state index contributed by atoms with van der Waals surface area (Å²) in [4.78, 5) is 4.31. The van der Waals surface area contributed by atoms with Crippen molar-refractivity contribution in [3.8, 4) is 5.75 Å². The maximum atomic E-state index is 5.63. The van der Waals surface area contributed by atoms with Crippen molar-refractivity contribution in [1.82, 2.24) is 4.98 Å². The summed E-state index contributed by atoms with van der Waals surface area (Å²) in [5.41, 5.74) is 0. The molecule has 0 saturated heterocycles. The third-order valence-corrected chi connectivity index (χ3v) is 3.70. The molecule has 1 aromatic rings. The minimum absolute atomic E-state index is 0.456. The second-order valence-electron chi connectivity index (χ2n) is 2.98. The Hall–Kier alpha value is 0.0300. The van der Waals surface area contributed by atoms with Gasteiger partial charge < -0.3 is 4.74 Å². The van der Waals surface area contributed by atoms with E-state index in [4.69, 9.17) is 4.74 Å². The first kappa shape index (κ1) is 9.58. The highest BCUT2D eigenvalue weighted by molar-refractivity contribution is 14.1. The summed E-state index contributed by atoms with van der Waals surface area (Å²) >= 11 is 3.95. The smallest absolute Gasteiger partial charge is 0.139 e.